The van der Waals surface area contributed by atoms with Crippen molar-refractivity contribution in [3.8, 4) is 5.75 Å². The molecule has 1 N–H and O–H groups in total. The largest absolute Gasteiger partial charge is 0.495 e. The van der Waals surface area contributed by atoms with E-state index in [-0.39, 0.29) is 36.7 Å². The molecule has 1 saturated carbocycles. The lowest BCUT2D eigenvalue weighted by Crippen LogP contribution is -2.49. The highest BCUT2D eigenvalue weighted by Gasteiger charge is 2.35. The number of methoxy groups -OCH3 is 1. The Kier molecular flexibility index (Phi) is 8.11. The van der Waals surface area contributed by atoms with E-state index in [9.17, 15) is 14.4 Å². The van der Waals surface area contributed by atoms with Crippen molar-refractivity contribution in [3.05, 3.63) is 70.7 Å². The van der Waals surface area contributed by atoms with Crippen LogP contribution in [-0.4, -0.2) is 78.4 Å². The minimum Gasteiger partial charge on any atom is -0.495 e. The zero-order valence-electron chi connectivity index (χ0n) is 22.3. The number of amides is 3. The van der Waals surface area contributed by atoms with Crippen LogP contribution in [0.2, 0.25) is 0 Å². The van der Waals surface area contributed by atoms with Crippen molar-refractivity contribution < 1.29 is 19.1 Å². The fourth-order valence-corrected chi connectivity index (χ4v) is 5.56. The SMILES string of the molecule is COc1ccccc1N1CCN(C(=O)Cc2csc(NC(=O)CN(C(=O)c3ccccc3C)C3CC3)n2)CC1. The third-order valence-corrected chi connectivity index (χ3v) is 7.93. The summed E-state index contributed by atoms with van der Waals surface area (Å²) < 4.78 is 5.48. The maximum Gasteiger partial charge on any atom is 0.254 e. The summed E-state index contributed by atoms with van der Waals surface area (Å²) in [7, 11) is 1.66. The Morgan fingerprint density at radius 3 is 2.49 bits per heavy atom. The number of hydrogen-bond donors (Lipinski definition) is 1. The van der Waals surface area contributed by atoms with Gasteiger partial charge in [-0.2, -0.15) is 0 Å². The highest BCUT2D eigenvalue weighted by molar-refractivity contribution is 7.13. The average Bonchev–Trinajstić information content (AvgIpc) is 3.71. The monoisotopic (exact) mass is 547 g/mol. The number of ether oxygens (including phenoxy) is 1. The molecular formula is C29H33N5O4S. The molecule has 0 bridgehead atoms. The molecule has 1 aromatic heterocycles. The predicted octanol–water partition coefficient (Wildman–Crippen LogP) is 3.59. The first-order chi connectivity index (χ1) is 18.9. The molecule has 2 fully saturated rings. The van der Waals surface area contributed by atoms with Crippen LogP contribution in [0.15, 0.2) is 53.9 Å². The van der Waals surface area contributed by atoms with E-state index in [1.807, 2.05) is 54.3 Å². The number of nitrogens with zero attached hydrogens (tertiary/aromatic N) is 4. The Morgan fingerprint density at radius 1 is 1.05 bits per heavy atom. The van der Waals surface area contributed by atoms with Gasteiger partial charge in [-0.15, -0.1) is 11.3 Å². The molecule has 2 heterocycles. The van der Waals surface area contributed by atoms with Crippen molar-refractivity contribution in [2.45, 2.75) is 32.2 Å². The first-order valence-electron chi connectivity index (χ1n) is 13.2. The molecule has 5 rings (SSSR count). The van der Waals surface area contributed by atoms with Gasteiger partial charge in [-0.3, -0.25) is 14.4 Å². The minimum atomic E-state index is -0.288. The number of carbonyl (C=O) groups is 3. The average molecular weight is 548 g/mol. The number of anilines is 2. The summed E-state index contributed by atoms with van der Waals surface area (Å²) in [5.74, 6) is 0.432. The van der Waals surface area contributed by atoms with Crippen molar-refractivity contribution in [2.24, 2.45) is 0 Å². The van der Waals surface area contributed by atoms with E-state index in [2.05, 4.69) is 15.2 Å². The van der Waals surface area contributed by atoms with E-state index in [0.29, 0.717) is 29.5 Å². The van der Waals surface area contributed by atoms with Crippen LogP contribution in [0.25, 0.3) is 0 Å². The number of nitrogens with one attached hydrogen (secondary N) is 1. The van der Waals surface area contributed by atoms with Gasteiger partial charge in [-0.25, -0.2) is 4.98 Å². The number of hydrogen-bond acceptors (Lipinski definition) is 7. The van der Waals surface area contributed by atoms with Crippen LogP contribution in [0.4, 0.5) is 10.8 Å². The topological polar surface area (TPSA) is 95.1 Å². The number of aromatic nitrogens is 1. The molecule has 0 atom stereocenters. The minimum absolute atomic E-state index is 0.0154. The number of carbonyl (C=O) groups excluding carboxylic acids is 3. The Balaban J connectivity index is 1.12. The maximum atomic E-state index is 13.1. The first kappa shape index (κ1) is 26.7. The van der Waals surface area contributed by atoms with E-state index in [4.69, 9.17) is 4.74 Å². The molecule has 1 saturated heterocycles. The van der Waals surface area contributed by atoms with Crippen LogP contribution in [0.1, 0.15) is 34.5 Å². The van der Waals surface area contributed by atoms with E-state index >= 15 is 0 Å². The smallest absolute Gasteiger partial charge is 0.254 e. The molecule has 3 aromatic rings. The number of rotatable bonds is 9. The van der Waals surface area contributed by atoms with Gasteiger partial charge < -0.3 is 24.8 Å². The number of aryl methyl sites for hydroxylation is 1. The van der Waals surface area contributed by atoms with Gasteiger partial charge in [0.15, 0.2) is 5.13 Å². The molecular weight excluding hydrogens is 514 g/mol. The quantitative estimate of drug-likeness (QED) is 0.440. The fourth-order valence-electron chi connectivity index (χ4n) is 4.83. The fraction of sp³-hybridized carbons (Fsp3) is 0.379. The summed E-state index contributed by atoms with van der Waals surface area (Å²) in [6.07, 6.45) is 1.99. The second-order valence-electron chi connectivity index (χ2n) is 9.89. The second kappa shape index (κ2) is 11.9. The lowest BCUT2D eigenvalue weighted by Gasteiger charge is -2.36. The molecule has 2 aromatic carbocycles. The van der Waals surface area contributed by atoms with Crippen LogP contribution < -0.4 is 15.0 Å². The Labute approximate surface area is 232 Å². The molecule has 0 unspecified atom stereocenters. The number of thiazole rings is 1. The highest BCUT2D eigenvalue weighted by atomic mass is 32.1. The Hall–Kier alpha value is -3.92. The van der Waals surface area contributed by atoms with Crippen molar-refractivity contribution in [3.63, 3.8) is 0 Å². The van der Waals surface area contributed by atoms with Gasteiger partial charge in [0.25, 0.3) is 5.91 Å². The second-order valence-corrected chi connectivity index (χ2v) is 10.7. The van der Waals surface area contributed by atoms with Gasteiger partial charge in [0.05, 0.1) is 24.9 Å². The van der Waals surface area contributed by atoms with Crippen LogP contribution in [0.5, 0.6) is 5.75 Å². The molecule has 1 aliphatic carbocycles. The highest BCUT2D eigenvalue weighted by Crippen LogP contribution is 2.30. The lowest BCUT2D eigenvalue weighted by molar-refractivity contribution is -0.130. The zero-order valence-corrected chi connectivity index (χ0v) is 23.1. The van der Waals surface area contributed by atoms with Gasteiger partial charge >= 0.3 is 0 Å². The predicted molar refractivity (Wildman–Crippen MR) is 151 cm³/mol. The molecule has 1 aliphatic heterocycles. The van der Waals surface area contributed by atoms with E-state index in [1.54, 1.807) is 23.5 Å². The Morgan fingerprint density at radius 2 is 1.77 bits per heavy atom. The van der Waals surface area contributed by atoms with E-state index < -0.39 is 0 Å². The van der Waals surface area contributed by atoms with Crippen LogP contribution in [0, 0.1) is 6.92 Å². The molecule has 0 spiro atoms. The molecule has 10 heteroatoms. The van der Waals surface area contributed by atoms with E-state index in [0.717, 1.165) is 42.9 Å². The molecule has 3 amide bonds. The van der Waals surface area contributed by atoms with Crippen molar-refractivity contribution >= 4 is 39.9 Å². The number of para-hydroxylation sites is 2. The normalized spacial score (nSPS) is 15.1. The zero-order chi connectivity index (χ0) is 27.4. The van der Waals surface area contributed by atoms with Crippen LogP contribution in [0.3, 0.4) is 0 Å². The molecule has 39 heavy (non-hydrogen) atoms. The third kappa shape index (κ3) is 6.39. The number of piperazine rings is 1. The summed E-state index contributed by atoms with van der Waals surface area (Å²) in [6, 6.07) is 15.4. The first-order valence-corrected chi connectivity index (χ1v) is 14.1. The molecule has 204 valence electrons. The van der Waals surface area contributed by atoms with Crippen molar-refractivity contribution in [2.75, 3.05) is 50.1 Å². The third-order valence-electron chi connectivity index (χ3n) is 7.13. The summed E-state index contributed by atoms with van der Waals surface area (Å²) in [6.45, 7) is 4.57. The molecule has 2 aliphatic rings. The van der Waals surface area contributed by atoms with E-state index in [1.165, 1.54) is 11.3 Å². The molecule has 9 nitrogen and oxygen atoms in total. The van der Waals surface area contributed by atoms with Gasteiger partial charge in [-0.05, 0) is 43.5 Å². The summed E-state index contributed by atoms with van der Waals surface area (Å²) in [5.41, 5.74) is 3.18. The standard InChI is InChI=1S/C29H33N5O4S/c1-20-7-3-4-8-23(20)28(37)34(22-11-12-22)18-26(35)31-29-30-21(19-39-29)17-27(36)33-15-13-32(14-16-33)24-9-5-6-10-25(24)38-2/h3-10,19,22H,11-18H2,1-2H3,(H,30,31,35). The number of benzene rings is 2. The van der Waals surface area contributed by atoms with Crippen LogP contribution in [-0.2, 0) is 16.0 Å². The van der Waals surface area contributed by atoms with Crippen molar-refractivity contribution in [1.29, 1.82) is 0 Å². The van der Waals surface area contributed by atoms with Gasteiger partial charge in [0.1, 0.15) is 12.3 Å². The van der Waals surface area contributed by atoms with Crippen LogP contribution >= 0.6 is 11.3 Å². The summed E-state index contributed by atoms with van der Waals surface area (Å²) >= 11 is 1.29. The van der Waals surface area contributed by atoms with Crippen molar-refractivity contribution in [1.82, 2.24) is 14.8 Å². The molecule has 0 radical (unpaired) electrons. The van der Waals surface area contributed by atoms with Gasteiger partial charge in [0, 0.05) is 43.2 Å². The van der Waals surface area contributed by atoms with Gasteiger partial charge in [0.2, 0.25) is 11.8 Å². The maximum absolute atomic E-state index is 13.1. The Bertz CT molecular complexity index is 1350. The van der Waals surface area contributed by atoms with Gasteiger partial charge in [-0.1, -0.05) is 30.3 Å². The summed E-state index contributed by atoms with van der Waals surface area (Å²) in [4.78, 5) is 49.1. The summed E-state index contributed by atoms with van der Waals surface area (Å²) in [5, 5.41) is 5.05. The lowest BCUT2D eigenvalue weighted by atomic mass is 10.1.